The third-order valence-corrected chi connectivity index (χ3v) is 5.37. The zero-order valence-electron chi connectivity index (χ0n) is 14.6. The molecule has 1 saturated heterocycles. The highest BCUT2D eigenvalue weighted by Crippen LogP contribution is 2.35. The number of aromatic amines is 1. The van der Waals surface area contributed by atoms with Gasteiger partial charge in [0.25, 0.3) is 0 Å². The van der Waals surface area contributed by atoms with Gasteiger partial charge >= 0.3 is 0 Å². The molecule has 132 valence electrons. The van der Waals surface area contributed by atoms with Gasteiger partial charge < -0.3 is 15.0 Å². The fourth-order valence-corrected chi connectivity index (χ4v) is 4.05. The van der Waals surface area contributed by atoms with E-state index < -0.39 is 0 Å². The van der Waals surface area contributed by atoms with Crippen molar-refractivity contribution in [2.75, 3.05) is 18.1 Å². The third-order valence-electron chi connectivity index (χ3n) is 5.37. The molecule has 6 heteroatoms. The highest BCUT2D eigenvalue weighted by atomic mass is 16.3. The Labute approximate surface area is 147 Å². The van der Waals surface area contributed by atoms with Crippen LogP contribution >= 0.6 is 0 Å². The van der Waals surface area contributed by atoms with Gasteiger partial charge in [-0.25, -0.2) is 0 Å². The number of aromatic nitrogens is 4. The average Bonchev–Trinajstić information content (AvgIpc) is 3.31. The normalized spacial score (nSPS) is 21.1. The number of benzene rings is 1. The van der Waals surface area contributed by atoms with E-state index in [0.717, 1.165) is 43.4 Å². The molecular weight excluding hydrogens is 314 g/mol. The number of piperidine rings is 1. The van der Waals surface area contributed by atoms with E-state index >= 15 is 0 Å². The molecule has 1 aliphatic rings. The molecule has 25 heavy (non-hydrogen) atoms. The van der Waals surface area contributed by atoms with Gasteiger partial charge in [-0.3, -0.25) is 4.57 Å². The number of nitrogens with one attached hydrogen (secondary N) is 1. The number of H-pyrrole nitrogens is 1. The fraction of sp³-hybridized carbons (Fsp3) is 0.474. The summed E-state index contributed by atoms with van der Waals surface area (Å²) < 4.78 is 1.93. The summed E-state index contributed by atoms with van der Waals surface area (Å²) in [6.45, 7) is 3.54. The van der Waals surface area contributed by atoms with E-state index in [9.17, 15) is 5.11 Å². The minimum atomic E-state index is 0.305. The van der Waals surface area contributed by atoms with Crippen LogP contribution in [0, 0.1) is 5.92 Å². The van der Waals surface area contributed by atoms with Gasteiger partial charge in [-0.05, 0) is 43.4 Å². The summed E-state index contributed by atoms with van der Waals surface area (Å²) in [7, 11) is 0. The molecule has 0 aliphatic carbocycles. The van der Waals surface area contributed by atoms with Crippen LogP contribution in [0.4, 0.5) is 5.69 Å². The molecule has 0 amide bonds. The highest BCUT2D eigenvalue weighted by Gasteiger charge is 2.29. The van der Waals surface area contributed by atoms with Crippen molar-refractivity contribution in [2.45, 2.75) is 38.6 Å². The Morgan fingerprint density at radius 2 is 2.12 bits per heavy atom. The zero-order chi connectivity index (χ0) is 17.2. The summed E-state index contributed by atoms with van der Waals surface area (Å²) in [5.74, 6) is 0.436. The lowest BCUT2D eigenvalue weighted by Crippen LogP contribution is -2.43. The summed E-state index contributed by atoms with van der Waals surface area (Å²) in [5, 5.41) is 18.6. The minimum absolute atomic E-state index is 0.305. The van der Waals surface area contributed by atoms with Crippen molar-refractivity contribution in [3.05, 3.63) is 37.1 Å². The molecule has 6 nitrogen and oxygen atoms in total. The van der Waals surface area contributed by atoms with Gasteiger partial charge in [0, 0.05) is 42.0 Å². The predicted octanol–water partition coefficient (Wildman–Crippen LogP) is 3.13. The standard InChI is InChI=1S/C19H25N5O/c1-2-3-16-8-14(11-25)6-7-24(16)19-10-20-18-5-4-15(9-17(18)19)23-12-21-22-13-23/h4-5,9-10,12-14,16,20,25H,2-3,6-8,11H2,1H3. The number of rotatable bonds is 5. The van der Waals surface area contributed by atoms with Gasteiger partial charge in [0.05, 0.1) is 5.69 Å². The Kier molecular flexibility index (Phi) is 4.44. The van der Waals surface area contributed by atoms with Gasteiger partial charge in [-0.1, -0.05) is 13.3 Å². The summed E-state index contributed by atoms with van der Waals surface area (Å²) in [6, 6.07) is 6.89. The van der Waals surface area contributed by atoms with Crippen molar-refractivity contribution in [2.24, 2.45) is 5.92 Å². The van der Waals surface area contributed by atoms with Gasteiger partial charge in [0.1, 0.15) is 12.7 Å². The van der Waals surface area contributed by atoms with Crippen LogP contribution in [0.5, 0.6) is 0 Å². The Hall–Kier alpha value is -2.34. The van der Waals surface area contributed by atoms with Crippen molar-refractivity contribution in [3.8, 4) is 5.69 Å². The van der Waals surface area contributed by atoms with Crippen LogP contribution in [0.1, 0.15) is 32.6 Å². The molecule has 2 N–H and O–H groups in total. The number of nitrogens with zero attached hydrogens (tertiary/aromatic N) is 4. The van der Waals surface area contributed by atoms with Crippen molar-refractivity contribution in [3.63, 3.8) is 0 Å². The first-order valence-electron chi connectivity index (χ1n) is 9.13. The Bertz CT molecular complexity index is 826. The average molecular weight is 339 g/mol. The van der Waals surface area contributed by atoms with E-state index in [1.807, 2.05) is 4.57 Å². The molecule has 0 spiro atoms. The monoisotopic (exact) mass is 339 g/mol. The molecule has 1 aliphatic heterocycles. The molecule has 0 bridgehead atoms. The first-order valence-corrected chi connectivity index (χ1v) is 9.13. The second-order valence-corrected chi connectivity index (χ2v) is 6.98. The number of hydrogen-bond acceptors (Lipinski definition) is 4. The van der Waals surface area contributed by atoms with E-state index in [-0.39, 0.29) is 0 Å². The lowest BCUT2D eigenvalue weighted by molar-refractivity contribution is 0.185. The van der Waals surface area contributed by atoms with E-state index in [1.54, 1.807) is 12.7 Å². The Morgan fingerprint density at radius 3 is 2.88 bits per heavy atom. The fourth-order valence-electron chi connectivity index (χ4n) is 4.05. The molecule has 4 rings (SSSR count). The van der Waals surface area contributed by atoms with Gasteiger partial charge in [-0.2, -0.15) is 0 Å². The van der Waals surface area contributed by atoms with E-state index in [4.69, 9.17) is 0 Å². The van der Waals surface area contributed by atoms with Gasteiger partial charge in [0.2, 0.25) is 0 Å². The van der Waals surface area contributed by atoms with Crippen LogP contribution in [0.2, 0.25) is 0 Å². The van der Waals surface area contributed by atoms with Crippen LogP contribution in [0.3, 0.4) is 0 Å². The summed E-state index contributed by atoms with van der Waals surface area (Å²) in [4.78, 5) is 5.95. The maximum absolute atomic E-state index is 9.57. The molecule has 0 saturated carbocycles. The molecule has 0 radical (unpaired) electrons. The maximum atomic E-state index is 9.57. The van der Waals surface area contributed by atoms with Crippen LogP contribution in [-0.4, -0.2) is 44.0 Å². The van der Waals surface area contributed by atoms with E-state index in [2.05, 4.69) is 51.4 Å². The number of hydrogen-bond donors (Lipinski definition) is 2. The molecule has 3 heterocycles. The van der Waals surface area contributed by atoms with Crippen LogP contribution in [0.25, 0.3) is 16.6 Å². The molecule has 2 aromatic heterocycles. The van der Waals surface area contributed by atoms with Crippen molar-refractivity contribution >= 4 is 16.6 Å². The Morgan fingerprint density at radius 1 is 1.28 bits per heavy atom. The third kappa shape index (κ3) is 3.02. The first kappa shape index (κ1) is 16.1. The van der Waals surface area contributed by atoms with Gasteiger partial charge in [-0.15, -0.1) is 10.2 Å². The quantitative estimate of drug-likeness (QED) is 0.749. The van der Waals surface area contributed by atoms with Crippen LogP contribution in [0.15, 0.2) is 37.1 Å². The predicted molar refractivity (Wildman–Crippen MR) is 99.1 cm³/mol. The molecule has 2 unspecified atom stereocenters. The first-order chi connectivity index (χ1) is 12.3. The summed E-state index contributed by atoms with van der Waals surface area (Å²) in [5.41, 5.74) is 3.47. The number of fused-ring (bicyclic) bond motifs is 1. The maximum Gasteiger partial charge on any atom is 0.123 e. The second kappa shape index (κ2) is 6.88. The van der Waals surface area contributed by atoms with Crippen LogP contribution < -0.4 is 4.90 Å². The van der Waals surface area contributed by atoms with Crippen LogP contribution in [-0.2, 0) is 0 Å². The lowest BCUT2D eigenvalue weighted by atomic mass is 9.89. The summed E-state index contributed by atoms with van der Waals surface area (Å²) >= 11 is 0. The molecular formula is C19H25N5O. The highest BCUT2D eigenvalue weighted by molar-refractivity contribution is 5.94. The molecule has 1 fully saturated rings. The second-order valence-electron chi connectivity index (χ2n) is 6.98. The van der Waals surface area contributed by atoms with E-state index in [1.165, 1.54) is 11.1 Å². The largest absolute Gasteiger partial charge is 0.396 e. The zero-order valence-corrected chi connectivity index (χ0v) is 14.6. The van der Waals surface area contributed by atoms with Crippen molar-refractivity contribution in [1.82, 2.24) is 19.7 Å². The topological polar surface area (TPSA) is 70.0 Å². The summed E-state index contributed by atoms with van der Waals surface area (Å²) in [6.07, 6.45) is 10.0. The van der Waals surface area contributed by atoms with Crippen molar-refractivity contribution in [1.29, 1.82) is 0 Å². The lowest BCUT2D eigenvalue weighted by Gasteiger charge is -2.40. The minimum Gasteiger partial charge on any atom is -0.396 e. The SMILES string of the molecule is CCCC1CC(CO)CCN1c1c[nH]c2ccc(-n3cnnc3)cc12. The number of aliphatic hydroxyl groups excluding tert-OH is 1. The van der Waals surface area contributed by atoms with Gasteiger partial charge in [0.15, 0.2) is 0 Å². The van der Waals surface area contributed by atoms with Crippen molar-refractivity contribution < 1.29 is 5.11 Å². The number of aliphatic hydroxyl groups is 1. The smallest absolute Gasteiger partial charge is 0.123 e. The molecule has 3 aromatic rings. The number of anilines is 1. The Balaban J connectivity index is 1.71. The van der Waals surface area contributed by atoms with E-state index in [0.29, 0.717) is 18.6 Å². The molecule has 2 atom stereocenters. The molecule has 1 aromatic carbocycles.